The van der Waals surface area contributed by atoms with Crippen LogP contribution in [0, 0.1) is 5.82 Å². The van der Waals surface area contributed by atoms with Crippen LogP contribution < -0.4 is 5.73 Å². The van der Waals surface area contributed by atoms with Crippen molar-refractivity contribution in [3.63, 3.8) is 0 Å². The number of hydrogen-bond acceptors (Lipinski definition) is 4. The average molecular weight is 283 g/mol. The molecule has 0 aliphatic rings. The Hall–Kier alpha value is -1.04. The molecule has 1 rings (SSSR count). The maximum atomic E-state index is 12.8. The molecule has 1 unspecified atom stereocenters. The van der Waals surface area contributed by atoms with Gasteiger partial charge in [-0.2, -0.15) is 0 Å². The van der Waals surface area contributed by atoms with Gasteiger partial charge in [-0.05, 0) is 31.4 Å². The van der Waals surface area contributed by atoms with Crippen LogP contribution in [0.25, 0.3) is 0 Å². The average Bonchev–Trinajstić information content (AvgIpc) is 2.46. The second-order valence-corrected chi connectivity index (χ2v) is 5.03. The molecule has 114 valence electrons. The van der Waals surface area contributed by atoms with Crippen molar-refractivity contribution in [2.45, 2.75) is 45.2 Å². The molecule has 4 nitrogen and oxygen atoms in total. The summed E-state index contributed by atoms with van der Waals surface area (Å²) >= 11 is 0. The lowest BCUT2D eigenvalue weighted by Gasteiger charge is -2.30. The molecule has 0 radical (unpaired) electrons. The van der Waals surface area contributed by atoms with Crippen LogP contribution in [0.5, 0.6) is 0 Å². The number of pyridine rings is 1. The first kappa shape index (κ1) is 17.0. The molecule has 0 spiro atoms. The number of aromatic nitrogens is 1. The molecule has 1 aromatic rings. The van der Waals surface area contributed by atoms with Crippen LogP contribution in [0.2, 0.25) is 0 Å². The SMILES string of the molecule is CCC(CC)N(CCO)CCC(N)c1ccc(F)cn1. The zero-order valence-corrected chi connectivity index (χ0v) is 12.4. The maximum Gasteiger partial charge on any atom is 0.141 e. The summed E-state index contributed by atoms with van der Waals surface area (Å²) in [6.07, 6.45) is 4.05. The van der Waals surface area contributed by atoms with Crippen LogP contribution in [0.4, 0.5) is 4.39 Å². The van der Waals surface area contributed by atoms with Crippen molar-refractivity contribution < 1.29 is 9.50 Å². The quantitative estimate of drug-likeness (QED) is 0.728. The van der Waals surface area contributed by atoms with E-state index in [4.69, 9.17) is 10.8 Å². The molecule has 0 saturated heterocycles. The van der Waals surface area contributed by atoms with Crippen molar-refractivity contribution in [2.75, 3.05) is 19.7 Å². The highest BCUT2D eigenvalue weighted by Crippen LogP contribution is 2.15. The van der Waals surface area contributed by atoms with Gasteiger partial charge >= 0.3 is 0 Å². The van der Waals surface area contributed by atoms with Gasteiger partial charge in [-0.3, -0.25) is 9.88 Å². The van der Waals surface area contributed by atoms with Crippen LogP contribution in [-0.4, -0.2) is 40.7 Å². The van der Waals surface area contributed by atoms with Gasteiger partial charge in [0, 0.05) is 25.2 Å². The third kappa shape index (κ3) is 5.15. The molecule has 1 heterocycles. The van der Waals surface area contributed by atoms with Crippen molar-refractivity contribution in [2.24, 2.45) is 5.73 Å². The summed E-state index contributed by atoms with van der Waals surface area (Å²) in [5.74, 6) is -0.347. The molecule has 0 aliphatic carbocycles. The van der Waals surface area contributed by atoms with Gasteiger partial charge in [-0.25, -0.2) is 4.39 Å². The van der Waals surface area contributed by atoms with Gasteiger partial charge in [0.2, 0.25) is 0 Å². The van der Waals surface area contributed by atoms with E-state index in [9.17, 15) is 4.39 Å². The third-order valence-electron chi connectivity index (χ3n) is 3.70. The number of aliphatic hydroxyl groups is 1. The van der Waals surface area contributed by atoms with E-state index in [1.54, 1.807) is 6.07 Å². The minimum atomic E-state index is -0.347. The van der Waals surface area contributed by atoms with Crippen molar-refractivity contribution in [3.8, 4) is 0 Å². The topological polar surface area (TPSA) is 62.4 Å². The van der Waals surface area contributed by atoms with E-state index in [1.165, 1.54) is 12.3 Å². The van der Waals surface area contributed by atoms with Gasteiger partial charge < -0.3 is 10.8 Å². The van der Waals surface area contributed by atoms with Gasteiger partial charge in [-0.15, -0.1) is 0 Å². The van der Waals surface area contributed by atoms with E-state index < -0.39 is 0 Å². The molecule has 0 saturated carbocycles. The first-order valence-electron chi connectivity index (χ1n) is 7.34. The fraction of sp³-hybridized carbons (Fsp3) is 0.667. The van der Waals surface area contributed by atoms with Crippen molar-refractivity contribution in [1.82, 2.24) is 9.88 Å². The Kier molecular flexibility index (Phi) is 7.65. The highest BCUT2D eigenvalue weighted by molar-refractivity contribution is 5.09. The fourth-order valence-electron chi connectivity index (χ4n) is 2.47. The Balaban J connectivity index is 2.55. The van der Waals surface area contributed by atoms with Crippen LogP contribution >= 0.6 is 0 Å². The Morgan fingerprint density at radius 2 is 2.00 bits per heavy atom. The predicted octanol–water partition coefficient (Wildman–Crippen LogP) is 2.09. The van der Waals surface area contributed by atoms with E-state index in [-0.39, 0.29) is 18.5 Å². The molecule has 0 fully saturated rings. The number of aliphatic hydroxyl groups excluding tert-OH is 1. The Labute approximate surface area is 120 Å². The number of rotatable bonds is 9. The number of hydrogen-bond donors (Lipinski definition) is 2. The lowest BCUT2D eigenvalue weighted by Crippen LogP contribution is -2.38. The van der Waals surface area contributed by atoms with E-state index >= 15 is 0 Å². The van der Waals surface area contributed by atoms with Gasteiger partial charge in [0.1, 0.15) is 5.82 Å². The molecule has 20 heavy (non-hydrogen) atoms. The monoisotopic (exact) mass is 283 g/mol. The van der Waals surface area contributed by atoms with Crippen LogP contribution in [-0.2, 0) is 0 Å². The van der Waals surface area contributed by atoms with Crippen molar-refractivity contribution in [3.05, 3.63) is 29.8 Å². The smallest absolute Gasteiger partial charge is 0.141 e. The molecule has 5 heteroatoms. The largest absolute Gasteiger partial charge is 0.395 e. The summed E-state index contributed by atoms with van der Waals surface area (Å²) in [5, 5.41) is 9.16. The molecular formula is C15H26FN3O. The summed E-state index contributed by atoms with van der Waals surface area (Å²) in [7, 11) is 0. The lowest BCUT2D eigenvalue weighted by atomic mass is 10.1. The molecule has 1 atom stereocenters. The summed E-state index contributed by atoms with van der Waals surface area (Å²) in [6.45, 7) is 5.93. The van der Waals surface area contributed by atoms with E-state index in [0.29, 0.717) is 18.3 Å². The molecule has 1 aromatic heterocycles. The standard InChI is InChI=1S/C15H26FN3O/c1-3-13(4-2)19(9-10-20)8-7-14(17)15-6-5-12(16)11-18-15/h5-6,11,13-14,20H,3-4,7-10,17H2,1-2H3. The normalized spacial score (nSPS) is 13.2. The summed E-state index contributed by atoms with van der Waals surface area (Å²) in [6, 6.07) is 3.28. The minimum Gasteiger partial charge on any atom is -0.395 e. The molecule has 0 bridgehead atoms. The van der Waals surface area contributed by atoms with E-state index in [2.05, 4.69) is 23.7 Å². The second kappa shape index (κ2) is 9.00. The Morgan fingerprint density at radius 1 is 1.30 bits per heavy atom. The number of nitrogens with zero attached hydrogens (tertiary/aromatic N) is 2. The molecule has 3 N–H and O–H groups in total. The van der Waals surface area contributed by atoms with Crippen LogP contribution in [0.1, 0.15) is 44.8 Å². The Morgan fingerprint density at radius 3 is 2.50 bits per heavy atom. The van der Waals surface area contributed by atoms with Crippen molar-refractivity contribution >= 4 is 0 Å². The van der Waals surface area contributed by atoms with E-state index in [1.807, 2.05) is 0 Å². The maximum absolute atomic E-state index is 12.8. The zero-order chi connectivity index (χ0) is 15.0. The van der Waals surface area contributed by atoms with Gasteiger partial charge in [0.05, 0.1) is 18.5 Å². The summed E-state index contributed by atoms with van der Waals surface area (Å²) in [4.78, 5) is 6.29. The first-order chi connectivity index (χ1) is 9.62. The van der Waals surface area contributed by atoms with Gasteiger partial charge in [0.15, 0.2) is 0 Å². The first-order valence-corrected chi connectivity index (χ1v) is 7.34. The minimum absolute atomic E-state index is 0.153. The lowest BCUT2D eigenvalue weighted by molar-refractivity contribution is 0.139. The number of nitrogens with two attached hydrogens (primary N) is 1. The second-order valence-electron chi connectivity index (χ2n) is 5.03. The van der Waals surface area contributed by atoms with E-state index in [0.717, 1.165) is 25.8 Å². The van der Waals surface area contributed by atoms with Gasteiger partial charge in [0.25, 0.3) is 0 Å². The van der Waals surface area contributed by atoms with Crippen LogP contribution in [0.15, 0.2) is 18.3 Å². The third-order valence-corrected chi connectivity index (χ3v) is 3.70. The molecule has 0 aromatic carbocycles. The fourth-order valence-corrected chi connectivity index (χ4v) is 2.47. The van der Waals surface area contributed by atoms with Gasteiger partial charge in [-0.1, -0.05) is 13.8 Å². The summed E-state index contributed by atoms with van der Waals surface area (Å²) in [5.41, 5.74) is 6.81. The van der Waals surface area contributed by atoms with Crippen molar-refractivity contribution in [1.29, 1.82) is 0 Å². The molecular weight excluding hydrogens is 257 g/mol. The zero-order valence-electron chi connectivity index (χ0n) is 12.4. The number of halogens is 1. The Bertz CT molecular complexity index is 368. The van der Waals surface area contributed by atoms with Crippen LogP contribution in [0.3, 0.4) is 0 Å². The highest BCUT2D eigenvalue weighted by atomic mass is 19.1. The molecule has 0 aliphatic heterocycles. The predicted molar refractivity (Wildman–Crippen MR) is 78.8 cm³/mol. The highest BCUT2D eigenvalue weighted by Gasteiger charge is 2.16. The summed E-state index contributed by atoms with van der Waals surface area (Å²) < 4.78 is 12.8. The molecule has 0 amide bonds.